The molecule has 0 N–H and O–H groups in total. The first kappa shape index (κ1) is 11.3. The number of fused-ring (bicyclic) bond motifs is 1. The third-order valence-electron chi connectivity index (χ3n) is 3.11. The molecule has 0 bridgehead atoms. The van der Waals surface area contributed by atoms with Gasteiger partial charge < -0.3 is 0 Å². The van der Waals surface area contributed by atoms with Gasteiger partial charge in [0.25, 0.3) is 11.8 Å². The number of amides is 2. The Hall–Kier alpha value is -2.22. The zero-order valence-electron chi connectivity index (χ0n) is 9.60. The zero-order chi connectivity index (χ0) is 12.6. The maximum atomic E-state index is 12.1. The molecule has 5 nitrogen and oxygen atoms in total. The van der Waals surface area contributed by atoms with Crippen LogP contribution in [0.2, 0.25) is 0 Å². The minimum Gasteiger partial charge on any atom is -0.269 e. The summed E-state index contributed by atoms with van der Waals surface area (Å²) in [7, 11) is 0. The third kappa shape index (κ3) is 1.41. The van der Waals surface area contributed by atoms with Crippen molar-refractivity contribution in [3.8, 4) is 6.07 Å². The van der Waals surface area contributed by atoms with E-state index in [0.717, 1.165) is 4.90 Å². The molecular formula is C12H11N3O2. The maximum absolute atomic E-state index is 12.1. The number of hydrogen-bond donors (Lipinski definition) is 0. The summed E-state index contributed by atoms with van der Waals surface area (Å²) in [6.45, 7) is 3.35. The van der Waals surface area contributed by atoms with Crippen molar-refractivity contribution < 1.29 is 9.59 Å². The van der Waals surface area contributed by atoms with Crippen LogP contribution in [0.5, 0.6) is 0 Å². The van der Waals surface area contributed by atoms with Gasteiger partial charge in [0.05, 0.1) is 17.2 Å². The number of pyridine rings is 1. The van der Waals surface area contributed by atoms with Crippen molar-refractivity contribution in [3.05, 3.63) is 29.6 Å². The Balaban J connectivity index is 2.55. The van der Waals surface area contributed by atoms with Gasteiger partial charge >= 0.3 is 0 Å². The van der Waals surface area contributed by atoms with Crippen LogP contribution < -0.4 is 0 Å². The molecule has 0 fully saturated rings. The van der Waals surface area contributed by atoms with Gasteiger partial charge in [0.15, 0.2) is 0 Å². The molecule has 2 rings (SSSR count). The fraction of sp³-hybridized carbons (Fsp3) is 0.333. The first-order valence-corrected chi connectivity index (χ1v) is 5.29. The molecule has 86 valence electrons. The number of rotatable bonds is 2. The van der Waals surface area contributed by atoms with Gasteiger partial charge in [-0.2, -0.15) is 5.26 Å². The lowest BCUT2D eigenvalue weighted by Crippen LogP contribution is -2.48. The van der Waals surface area contributed by atoms with E-state index < -0.39 is 17.4 Å². The highest BCUT2D eigenvalue weighted by Crippen LogP contribution is 2.30. The Kier molecular flexibility index (Phi) is 2.43. The molecule has 0 aliphatic carbocycles. The van der Waals surface area contributed by atoms with E-state index in [1.54, 1.807) is 13.8 Å². The molecule has 1 aliphatic heterocycles. The molecular weight excluding hydrogens is 218 g/mol. The predicted molar refractivity (Wildman–Crippen MR) is 59.0 cm³/mol. The summed E-state index contributed by atoms with van der Waals surface area (Å²) in [6.07, 6.45) is 3.22. The van der Waals surface area contributed by atoms with E-state index >= 15 is 0 Å². The normalized spacial score (nSPS) is 17.6. The zero-order valence-corrected chi connectivity index (χ0v) is 9.60. The van der Waals surface area contributed by atoms with Crippen LogP contribution in [0.1, 0.15) is 41.0 Å². The molecule has 2 heterocycles. The lowest BCUT2D eigenvalue weighted by Gasteiger charge is -2.29. The van der Waals surface area contributed by atoms with Gasteiger partial charge in [0, 0.05) is 12.4 Å². The van der Waals surface area contributed by atoms with Crippen LogP contribution in [0.25, 0.3) is 0 Å². The lowest BCUT2D eigenvalue weighted by molar-refractivity contribution is 0.0524. The van der Waals surface area contributed by atoms with E-state index in [9.17, 15) is 9.59 Å². The number of hydrogen-bond acceptors (Lipinski definition) is 4. The number of carbonyl (C=O) groups excluding carboxylic acids is 2. The number of nitriles is 1. The molecule has 0 spiro atoms. The summed E-state index contributed by atoms with van der Waals surface area (Å²) in [5.41, 5.74) is -0.514. The summed E-state index contributed by atoms with van der Waals surface area (Å²) < 4.78 is 0. The van der Waals surface area contributed by atoms with Crippen molar-refractivity contribution in [2.45, 2.75) is 25.8 Å². The van der Waals surface area contributed by atoms with Crippen molar-refractivity contribution in [1.82, 2.24) is 9.88 Å². The largest absolute Gasteiger partial charge is 0.269 e. The number of carbonyl (C=O) groups is 2. The Morgan fingerprint density at radius 2 is 2.06 bits per heavy atom. The Labute approximate surface area is 98.7 Å². The van der Waals surface area contributed by atoms with E-state index in [1.165, 1.54) is 18.5 Å². The second kappa shape index (κ2) is 3.67. The molecule has 0 saturated heterocycles. The molecule has 1 atom stereocenters. The van der Waals surface area contributed by atoms with Crippen molar-refractivity contribution in [2.75, 3.05) is 0 Å². The summed E-state index contributed by atoms with van der Waals surface area (Å²) in [6, 6.07) is 3.53. The standard InChI is InChI=1S/C12H11N3O2/c1-3-12(2,7-13)15-10(16)8-4-5-14-6-9(8)11(15)17/h4-6H,3H2,1-2H3. The minimum atomic E-state index is -1.10. The van der Waals surface area contributed by atoms with Gasteiger partial charge in [-0.1, -0.05) is 6.92 Å². The van der Waals surface area contributed by atoms with Gasteiger partial charge in [-0.3, -0.25) is 19.5 Å². The van der Waals surface area contributed by atoms with Gasteiger partial charge in [-0.05, 0) is 19.4 Å². The Bertz CT molecular complexity index is 512. The molecule has 0 saturated carbocycles. The van der Waals surface area contributed by atoms with Gasteiger partial charge in [0.1, 0.15) is 5.54 Å². The van der Waals surface area contributed by atoms with Crippen LogP contribution in [0.15, 0.2) is 18.5 Å². The molecule has 2 amide bonds. The van der Waals surface area contributed by atoms with Crippen molar-refractivity contribution >= 4 is 11.8 Å². The first-order valence-electron chi connectivity index (χ1n) is 5.29. The fourth-order valence-corrected chi connectivity index (χ4v) is 1.82. The second-order valence-corrected chi connectivity index (χ2v) is 4.11. The van der Waals surface area contributed by atoms with Crippen molar-refractivity contribution in [2.24, 2.45) is 0 Å². The lowest BCUT2D eigenvalue weighted by atomic mass is 9.99. The summed E-state index contributed by atoms with van der Waals surface area (Å²) >= 11 is 0. The number of aromatic nitrogens is 1. The molecule has 17 heavy (non-hydrogen) atoms. The predicted octanol–water partition coefficient (Wildman–Crippen LogP) is 1.37. The van der Waals surface area contributed by atoms with E-state index in [1.807, 2.05) is 6.07 Å². The Morgan fingerprint density at radius 3 is 2.59 bits per heavy atom. The van der Waals surface area contributed by atoms with Crippen LogP contribution in [0, 0.1) is 11.3 Å². The second-order valence-electron chi connectivity index (χ2n) is 4.11. The van der Waals surface area contributed by atoms with Gasteiger partial charge in [0.2, 0.25) is 0 Å². The first-order chi connectivity index (χ1) is 8.05. The van der Waals surface area contributed by atoms with Crippen LogP contribution in [0.4, 0.5) is 0 Å². The van der Waals surface area contributed by atoms with E-state index in [-0.39, 0.29) is 5.56 Å². The van der Waals surface area contributed by atoms with Crippen LogP contribution >= 0.6 is 0 Å². The molecule has 1 aromatic heterocycles. The smallest absolute Gasteiger partial charge is 0.264 e. The SMILES string of the molecule is CCC(C)(C#N)N1C(=O)c2ccncc2C1=O. The minimum absolute atomic E-state index is 0.271. The molecule has 1 aromatic rings. The summed E-state index contributed by atoms with van der Waals surface area (Å²) in [5.74, 6) is -0.859. The Morgan fingerprint density at radius 1 is 1.41 bits per heavy atom. The molecule has 1 unspecified atom stereocenters. The monoisotopic (exact) mass is 229 g/mol. The van der Waals surface area contributed by atoms with Crippen LogP contribution in [-0.2, 0) is 0 Å². The van der Waals surface area contributed by atoms with Gasteiger partial charge in [-0.15, -0.1) is 0 Å². The van der Waals surface area contributed by atoms with Crippen LogP contribution in [-0.4, -0.2) is 27.2 Å². The summed E-state index contributed by atoms with van der Waals surface area (Å²) in [4.78, 5) is 29.0. The number of nitrogens with zero attached hydrogens (tertiary/aromatic N) is 3. The summed E-state index contributed by atoms with van der Waals surface area (Å²) in [5, 5.41) is 9.15. The van der Waals surface area contributed by atoms with Crippen LogP contribution in [0.3, 0.4) is 0 Å². The van der Waals surface area contributed by atoms with E-state index in [0.29, 0.717) is 12.0 Å². The maximum Gasteiger partial charge on any atom is 0.264 e. The highest BCUT2D eigenvalue weighted by Gasteiger charge is 2.45. The van der Waals surface area contributed by atoms with E-state index in [4.69, 9.17) is 5.26 Å². The van der Waals surface area contributed by atoms with Gasteiger partial charge in [-0.25, -0.2) is 0 Å². The fourth-order valence-electron chi connectivity index (χ4n) is 1.82. The molecule has 0 radical (unpaired) electrons. The van der Waals surface area contributed by atoms with E-state index in [2.05, 4.69) is 4.98 Å². The topological polar surface area (TPSA) is 74.1 Å². The number of imide groups is 1. The highest BCUT2D eigenvalue weighted by atomic mass is 16.2. The quantitative estimate of drug-likeness (QED) is 0.718. The highest BCUT2D eigenvalue weighted by molar-refractivity contribution is 6.21. The molecule has 0 aromatic carbocycles. The molecule has 1 aliphatic rings. The average molecular weight is 229 g/mol. The molecule has 5 heteroatoms. The van der Waals surface area contributed by atoms with Crippen molar-refractivity contribution in [3.63, 3.8) is 0 Å². The van der Waals surface area contributed by atoms with Crippen molar-refractivity contribution in [1.29, 1.82) is 5.26 Å². The average Bonchev–Trinajstić information content (AvgIpc) is 2.62. The third-order valence-corrected chi connectivity index (χ3v) is 3.11.